The van der Waals surface area contributed by atoms with E-state index in [1.165, 1.54) is 6.92 Å². The van der Waals surface area contributed by atoms with E-state index in [4.69, 9.17) is 5.11 Å². The van der Waals surface area contributed by atoms with Crippen LogP contribution in [-0.2, 0) is 9.59 Å². The zero-order chi connectivity index (χ0) is 15.3. The van der Waals surface area contributed by atoms with Gasteiger partial charge < -0.3 is 15.2 Å². The molecule has 0 aromatic heterocycles. The molecule has 1 rings (SSSR count). The Bertz CT molecular complexity index is 545. The number of rotatable bonds is 6. The van der Waals surface area contributed by atoms with E-state index in [9.17, 15) is 23.2 Å². The van der Waals surface area contributed by atoms with Gasteiger partial charge in [-0.2, -0.15) is 0 Å². The lowest BCUT2D eigenvalue weighted by Crippen LogP contribution is -2.41. The molecular weight excluding hydrogens is 272 g/mol. The Morgan fingerprint density at radius 1 is 1.30 bits per heavy atom. The van der Waals surface area contributed by atoms with Crippen LogP contribution in [0.25, 0.3) is 0 Å². The number of aliphatic carboxylic acids is 1. The van der Waals surface area contributed by atoms with E-state index in [1.807, 2.05) is 0 Å². The van der Waals surface area contributed by atoms with Crippen molar-refractivity contribution in [2.24, 2.45) is 0 Å². The van der Waals surface area contributed by atoms with Gasteiger partial charge in [-0.25, -0.2) is 13.6 Å². The second-order valence-corrected chi connectivity index (χ2v) is 4.23. The Hall–Kier alpha value is -2.31. The summed E-state index contributed by atoms with van der Waals surface area (Å²) in [5.74, 6) is -4.46. The zero-order valence-electron chi connectivity index (χ0n) is 10.7. The van der Waals surface area contributed by atoms with E-state index in [0.717, 1.165) is 12.1 Å². The van der Waals surface area contributed by atoms with Crippen molar-refractivity contribution in [3.63, 3.8) is 0 Å². The number of carbonyl (C=O) groups excluding carboxylic acids is 2. The summed E-state index contributed by atoms with van der Waals surface area (Å²) in [7, 11) is 0. The smallest absolute Gasteiger partial charge is 0.326 e. The monoisotopic (exact) mass is 285 g/mol. The number of benzene rings is 1. The Kier molecular flexibility index (Phi) is 5.31. The first-order chi connectivity index (χ1) is 9.31. The molecule has 0 saturated carbocycles. The number of carboxylic acid groups (broad SMARTS) is 1. The van der Waals surface area contributed by atoms with Gasteiger partial charge in [-0.15, -0.1) is 0 Å². The van der Waals surface area contributed by atoms with Crippen LogP contribution in [0.4, 0.5) is 8.78 Å². The predicted octanol–water partition coefficient (Wildman–Crippen LogP) is 1.52. The van der Waals surface area contributed by atoms with Crippen molar-refractivity contribution in [2.75, 3.05) is 0 Å². The van der Waals surface area contributed by atoms with Gasteiger partial charge in [0.15, 0.2) is 0 Å². The number of hydrogen-bond donors (Lipinski definition) is 2. The fraction of sp³-hybridized carbons (Fsp3) is 0.308. The second kappa shape index (κ2) is 6.74. The first kappa shape index (κ1) is 15.7. The molecule has 1 amide bonds. The molecule has 0 saturated heterocycles. The Morgan fingerprint density at radius 3 is 2.45 bits per heavy atom. The van der Waals surface area contributed by atoms with Gasteiger partial charge in [0.1, 0.15) is 23.5 Å². The maximum Gasteiger partial charge on any atom is 0.326 e. The largest absolute Gasteiger partial charge is 0.480 e. The van der Waals surface area contributed by atoms with Crippen LogP contribution in [0, 0.1) is 11.6 Å². The number of amides is 1. The van der Waals surface area contributed by atoms with Crippen molar-refractivity contribution in [3.05, 3.63) is 35.4 Å². The molecule has 20 heavy (non-hydrogen) atoms. The molecule has 1 atom stereocenters. The van der Waals surface area contributed by atoms with Gasteiger partial charge in [0.2, 0.25) is 0 Å². The standard InChI is InChI=1S/C13H13F2NO4/c1-7(17)2-5-11(13(19)20)16-12(18)9-4-3-8(14)6-10(9)15/h3-4,6,11H,2,5H2,1H3,(H,16,18)(H,19,20)/t11-/m1/s1. The summed E-state index contributed by atoms with van der Waals surface area (Å²) in [5.41, 5.74) is -0.458. The second-order valence-electron chi connectivity index (χ2n) is 4.23. The van der Waals surface area contributed by atoms with Gasteiger partial charge in [-0.05, 0) is 25.5 Å². The van der Waals surface area contributed by atoms with Gasteiger partial charge in [0, 0.05) is 12.5 Å². The van der Waals surface area contributed by atoms with Crippen LogP contribution in [0.2, 0.25) is 0 Å². The SMILES string of the molecule is CC(=O)CC[C@@H](NC(=O)c1ccc(F)cc1F)C(=O)O. The van der Waals surface area contributed by atoms with Crippen molar-refractivity contribution in [2.45, 2.75) is 25.8 Å². The molecule has 0 aliphatic heterocycles. The molecule has 7 heteroatoms. The fourth-order valence-electron chi connectivity index (χ4n) is 1.51. The summed E-state index contributed by atoms with van der Waals surface area (Å²) >= 11 is 0. The maximum atomic E-state index is 13.4. The van der Waals surface area contributed by atoms with Gasteiger partial charge in [0.25, 0.3) is 5.91 Å². The Balaban J connectivity index is 2.80. The minimum Gasteiger partial charge on any atom is -0.480 e. The molecule has 0 radical (unpaired) electrons. The van der Waals surface area contributed by atoms with E-state index in [0.29, 0.717) is 6.07 Å². The average molecular weight is 285 g/mol. The molecule has 0 heterocycles. The summed E-state index contributed by atoms with van der Waals surface area (Å²) in [4.78, 5) is 33.5. The number of hydrogen-bond acceptors (Lipinski definition) is 3. The van der Waals surface area contributed by atoms with Gasteiger partial charge in [-0.3, -0.25) is 4.79 Å². The van der Waals surface area contributed by atoms with Crippen LogP contribution in [-0.4, -0.2) is 28.8 Å². The molecule has 2 N–H and O–H groups in total. The molecular formula is C13H13F2NO4. The summed E-state index contributed by atoms with van der Waals surface area (Å²) in [6.45, 7) is 1.29. The summed E-state index contributed by atoms with van der Waals surface area (Å²) < 4.78 is 26.1. The maximum absolute atomic E-state index is 13.4. The number of carboxylic acids is 1. The molecule has 1 aromatic rings. The molecule has 0 aliphatic carbocycles. The molecule has 108 valence electrons. The minimum atomic E-state index is -1.33. The lowest BCUT2D eigenvalue weighted by Gasteiger charge is -2.14. The topological polar surface area (TPSA) is 83.5 Å². The van der Waals surface area contributed by atoms with E-state index < -0.39 is 35.1 Å². The van der Waals surface area contributed by atoms with Crippen LogP contribution in [0.5, 0.6) is 0 Å². The van der Waals surface area contributed by atoms with E-state index in [2.05, 4.69) is 5.32 Å². The number of ketones is 1. The van der Waals surface area contributed by atoms with Crippen molar-refractivity contribution in [1.82, 2.24) is 5.32 Å². The van der Waals surface area contributed by atoms with Gasteiger partial charge in [0.05, 0.1) is 5.56 Å². The first-order valence-electron chi connectivity index (χ1n) is 5.79. The third-order valence-electron chi connectivity index (χ3n) is 2.56. The number of halogens is 2. The van der Waals surface area contributed by atoms with Crippen LogP contribution in [0.3, 0.4) is 0 Å². The minimum absolute atomic E-state index is 0.0247. The van der Waals surface area contributed by atoms with E-state index in [1.54, 1.807) is 0 Å². The highest BCUT2D eigenvalue weighted by molar-refractivity contribution is 5.96. The molecule has 0 bridgehead atoms. The van der Waals surface area contributed by atoms with E-state index >= 15 is 0 Å². The van der Waals surface area contributed by atoms with E-state index in [-0.39, 0.29) is 18.6 Å². The summed E-state index contributed by atoms with van der Waals surface area (Å²) in [6.07, 6.45) is -0.123. The van der Waals surface area contributed by atoms with Crippen molar-refractivity contribution >= 4 is 17.7 Å². The molecule has 0 aliphatic rings. The predicted molar refractivity (Wildman–Crippen MR) is 65.2 cm³/mol. The van der Waals surface area contributed by atoms with Crippen LogP contribution >= 0.6 is 0 Å². The lowest BCUT2D eigenvalue weighted by molar-refractivity contribution is -0.139. The quantitative estimate of drug-likeness (QED) is 0.830. The van der Waals surface area contributed by atoms with Crippen LogP contribution in [0.1, 0.15) is 30.1 Å². The highest BCUT2D eigenvalue weighted by Crippen LogP contribution is 2.10. The third kappa shape index (κ3) is 4.42. The van der Waals surface area contributed by atoms with Gasteiger partial charge >= 0.3 is 5.97 Å². The van der Waals surface area contributed by atoms with Crippen LogP contribution < -0.4 is 5.32 Å². The normalized spacial score (nSPS) is 11.8. The molecule has 0 fully saturated rings. The Morgan fingerprint density at radius 2 is 1.95 bits per heavy atom. The van der Waals surface area contributed by atoms with Crippen molar-refractivity contribution < 1.29 is 28.3 Å². The molecule has 0 unspecified atom stereocenters. The summed E-state index contributed by atoms with van der Waals surface area (Å²) in [6, 6.07) is 1.03. The number of nitrogens with one attached hydrogen (secondary N) is 1. The molecule has 1 aromatic carbocycles. The Labute approximate surface area is 113 Å². The number of carbonyl (C=O) groups is 3. The average Bonchev–Trinajstić information content (AvgIpc) is 2.33. The van der Waals surface area contributed by atoms with Crippen molar-refractivity contribution in [3.8, 4) is 0 Å². The van der Waals surface area contributed by atoms with Crippen molar-refractivity contribution in [1.29, 1.82) is 0 Å². The van der Waals surface area contributed by atoms with Gasteiger partial charge in [-0.1, -0.05) is 0 Å². The summed E-state index contributed by atoms with van der Waals surface area (Å²) in [5, 5.41) is 11.0. The van der Waals surface area contributed by atoms with Crippen LogP contribution in [0.15, 0.2) is 18.2 Å². The molecule has 0 spiro atoms. The fourth-order valence-corrected chi connectivity index (χ4v) is 1.51. The molecule has 5 nitrogen and oxygen atoms in total. The first-order valence-corrected chi connectivity index (χ1v) is 5.79. The highest BCUT2D eigenvalue weighted by atomic mass is 19.1. The third-order valence-corrected chi connectivity index (χ3v) is 2.56. The highest BCUT2D eigenvalue weighted by Gasteiger charge is 2.22. The zero-order valence-corrected chi connectivity index (χ0v) is 10.7. The lowest BCUT2D eigenvalue weighted by atomic mass is 10.1. The number of Topliss-reactive ketones (excluding diaryl/α,β-unsaturated/α-hetero) is 1.